The standard InChI is InChI=1S/C16H10N2O2S.ClH/c19-15(13-9-10-5-1-3-7-12(10)20-13)18-16-17-11-6-2-4-8-14(11)21-16;/h1-9H,(H,17,18,19);1H. The Labute approximate surface area is 136 Å². The number of rotatable bonds is 2. The first-order chi connectivity index (χ1) is 10.3. The van der Waals surface area contributed by atoms with Crippen molar-refractivity contribution >= 4 is 56.0 Å². The molecule has 0 aliphatic carbocycles. The zero-order valence-corrected chi connectivity index (χ0v) is 12.9. The van der Waals surface area contributed by atoms with Gasteiger partial charge in [0.05, 0.1) is 10.2 Å². The van der Waals surface area contributed by atoms with E-state index in [-0.39, 0.29) is 24.1 Å². The molecule has 0 unspecified atom stereocenters. The topological polar surface area (TPSA) is 55.1 Å². The Kier molecular flexibility index (Phi) is 3.83. The predicted molar refractivity (Wildman–Crippen MR) is 91.0 cm³/mol. The van der Waals surface area contributed by atoms with E-state index >= 15 is 0 Å². The maximum absolute atomic E-state index is 12.2. The largest absolute Gasteiger partial charge is 0.451 e. The number of aromatic nitrogens is 1. The number of fused-ring (bicyclic) bond motifs is 2. The quantitative estimate of drug-likeness (QED) is 0.578. The fraction of sp³-hybridized carbons (Fsp3) is 0. The summed E-state index contributed by atoms with van der Waals surface area (Å²) in [6.07, 6.45) is 0. The van der Waals surface area contributed by atoms with Crippen molar-refractivity contribution in [2.24, 2.45) is 0 Å². The van der Waals surface area contributed by atoms with Crippen LogP contribution in [-0.4, -0.2) is 10.9 Å². The number of halogens is 1. The van der Waals surface area contributed by atoms with Crippen molar-refractivity contribution in [3.05, 3.63) is 60.4 Å². The Hall–Kier alpha value is -2.37. The number of carbonyl (C=O) groups is 1. The van der Waals surface area contributed by atoms with Gasteiger partial charge in [-0.2, -0.15) is 0 Å². The number of benzene rings is 2. The molecule has 1 N–H and O–H groups in total. The smallest absolute Gasteiger partial charge is 0.293 e. The van der Waals surface area contributed by atoms with Gasteiger partial charge in [-0.1, -0.05) is 41.7 Å². The lowest BCUT2D eigenvalue weighted by Crippen LogP contribution is -2.10. The first kappa shape index (κ1) is 14.6. The Morgan fingerprint density at radius 2 is 1.86 bits per heavy atom. The van der Waals surface area contributed by atoms with Crippen molar-refractivity contribution < 1.29 is 9.21 Å². The molecule has 2 aromatic heterocycles. The van der Waals surface area contributed by atoms with Crippen molar-refractivity contribution in [3.8, 4) is 0 Å². The molecule has 0 aliphatic heterocycles. The molecule has 0 saturated heterocycles. The highest BCUT2D eigenvalue weighted by molar-refractivity contribution is 7.22. The van der Waals surface area contributed by atoms with Gasteiger partial charge in [-0.25, -0.2) is 4.98 Å². The second-order valence-electron chi connectivity index (χ2n) is 4.59. The predicted octanol–water partition coefficient (Wildman–Crippen LogP) is 4.72. The first-order valence-electron chi connectivity index (χ1n) is 6.45. The molecule has 22 heavy (non-hydrogen) atoms. The molecular formula is C16H11ClN2O2S. The Morgan fingerprint density at radius 3 is 2.68 bits per heavy atom. The van der Waals surface area contributed by atoms with Crippen LogP contribution in [0.15, 0.2) is 59.0 Å². The van der Waals surface area contributed by atoms with Crippen LogP contribution >= 0.6 is 23.7 Å². The van der Waals surface area contributed by atoms with E-state index < -0.39 is 0 Å². The number of amides is 1. The molecule has 0 atom stereocenters. The monoisotopic (exact) mass is 330 g/mol. The fourth-order valence-corrected chi connectivity index (χ4v) is 3.04. The Bertz CT molecular complexity index is 895. The van der Waals surface area contributed by atoms with E-state index in [2.05, 4.69) is 10.3 Å². The molecule has 0 radical (unpaired) electrons. The first-order valence-corrected chi connectivity index (χ1v) is 7.27. The summed E-state index contributed by atoms with van der Waals surface area (Å²) in [4.78, 5) is 16.6. The number of furan rings is 1. The van der Waals surface area contributed by atoms with E-state index in [1.165, 1.54) is 11.3 Å². The molecule has 1 amide bonds. The van der Waals surface area contributed by atoms with Crippen LogP contribution in [0.4, 0.5) is 5.13 Å². The van der Waals surface area contributed by atoms with Gasteiger partial charge in [0.1, 0.15) is 5.58 Å². The van der Waals surface area contributed by atoms with E-state index in [9.17, 15) is 4.79 Å². The lowest BCUT2D eigenvalue weighted by atomic mass is 10.2. The number of hydrogen-bond acceptors (Lipinski definition) is 4. The third-order valence-electron chi connectivity index (χ3n) is 3.16. The summed E-state index contributed by atoms with van der Waals surface area (Å²) in [5.41, 5.74) is 1.58. The summed E-state index contributed by atoms with van der Waals surface area (Å²) in [5.74, 6) is 0.000659. The highest BCUT2D eigenvalue weighted by Crippen LogP contribution is 2.26. The minimum Gasteiger partial charge on any atom is -0.451 e. The molecule has 110 valence electrons. The zero-order chi connectivity index (χ0) is 14.2. The minimum absolute atomic E-state index is 0. The van der Waals surface area contributed by atoms with Gasteiger partial charge < -0.3 is 4.42 Å². The van der Waals surface area contributed by atoms with E-state index in [0.717, 1.165) is 15.6 Å². The molecule has 4 aromatic rings. The second-order valence-corrected chi connectivity index (χ2v) is 5.62. The summed E-state index contributed by atoms with van der Waals surface area (Å²) in [6, 6.07) is 17.0. The SMILES string of the molecule is Cl.O=C(Nc1nc2ccccc2s1)c1cc2ccccc2o1. The molecule has 4 nitrogen and oxygen atoms in total. The number of nitrogens with one attached hydrogen (secondary N) is 1. The molecule has 0 spiro atoms. The number of para-hydroxylation sites is 2. The van der Waals surface area contributed by atoms with Crippen molar-refractivity contribution in [1.29, 1.82) is 0 Å². The molecular weight excluding hydrogens is 320 g/mol. The van der Waals surface area contributed by atoms with Crippen LogP contribution in [0.1, 0.15) is 10.6 Å². The molecule has 0 saturated carbocycles. The van der Waals surface area contributed by atoms with Crippen molar-refractivity contribution in [2.45, 2.75) is 0 Å². The summed E-state index contributed by atoms with van der Waals surface area (Å²) in [6.45, 7) is 0. The zero-order valence-electron chi connectivity index (χ0n) is 11.3. The average molecular weight is 331 g/mol. The van der Waals surface area contributed by atoms with Gasteiger partial charge in [-0.3, -0.25) is 10.1 Å². The molecule has 2 heterocycles. The highest BCUT2D eigenvalue weighted by Gasteiger charge is 2.14. The number of hydrogen-bond donors (Lipinski definition) is 1. The van der Waals surface area contributed by atoms with Crippen LogP contribution in [0.2, 0.25) is 0 Å². The van der Waals surface area contributed by atoms with E-state index in [0.29, 0.717) is 10.7 Å². The molecule has 0 bridgehead atoms. The number of nitrogens with zero attached hydrogens (tertiary/aromatic N) is 1. The summed E-state index contributed by atoms with van der Waals surface area (Å²) >= 11 is 1.44. The maximum atomic E-state index is 12.2. The lowest BCUT2D eigenvalue weighted by molar-refractivity contribution is 0.0998. The van der Waals surface area contributed by atoms with E-state index in [1.807, 2.05) is 48.5 Å². The van der Waals surface area contributed by atoms with Gasteiger partial charge in [0.25, 0.3) is 5.91 Å². The van der Waals surface area contributed by atoms with Gasteiger partial charge in [-0.05, 0) is 24.3 Å². The average Bonchev–Trinajstić information content (AvgIpc) is 3.10. The molecule has 0 aliphatic rings. The Morgan fingerprint density at radius 1 is 1.09 bits per heavy atom. The Balaban J connectivity index is 0.00000144. The van der Waals surface area contributed by atoms with Crippen LogP contribution < -0.4 is 5.32 Å². The number of thiazole rings is 1. The molecule has 4 rings (SSSR count). The van der Waals surface area contributed by atoms with Gasteiger partial charge in [0.15, 0.2) is 10.9 Å². The van der Waals surface area contributed by atoms with Crippen molar-refractivity contribution in [3.63, 3.8) is 0 Å². The summed E-state index contributed by atoms with van der Waals surface area (Å²) in [7, 11) is 0. The maximum Gasteiger partial charge on any atom is 0.293 e. The van der Waals surface area contributed by atoms with E-state index in [4.69, 9.17) is 4.42 Å². The van der Waals surface area contributed by atoms with Crippen molar-refractivity contribution in [2.75, 3.05) is 5.32 Å². The van der Waals surface area contributed by atoms with Crippen molar-refractivity contribution in [1.82, 2.24) is 4.98 Å². The third-order valence-corrected chi connectivity index (χ3v) is 4.12. The van der Waals surface area contributed by atoms with E-state index in [1.54, 1.807) is 6.07 Å². The number of anilines is 1. The summed E-state index contributed by atoms with van der Waals surface area (Å²) < 4.78 is 6.58. The highest BCUT2D eigenvalue weighted by atomic mass is 35.5. The van der Waals surface area contributed by atoms with Crippen LogP contribution in [-0.2, 0) is 0 Å². The normalized spacial score (nSPS) is 10.5. The second kappa shape index (κ2) is 5.79. The van der Waals surface area contributed by atoms with Gasteiger partial charge >= 0.3 is 0 Å². The molecule has 6 heteroatoms. The van der Waals surface area contributed by atoms with Crippen LogP contribution in [0.3, 0.4) is 0 Å². The van der Waals surface area contributed by atoms with Gasteiger partial charge in [-0.15, -0.1) is 12.4 Å². The molecule has 2 aromatic carbocycles. The fourth-order valence-electron chi connectivity index (χ4n) is 2.18. The van der Waals surface area contributed by atoms with Gasteiger partial charge in [0, 0.05) is 5.39 Å². The van der Waals surface area contributed by atoms with Crippen LogP contribution in [0.25, 0.3) is 21.2 Å². The third kappa shape index (κ3) is 2.56. The molecule has 0 fully saturated rings. The van der Waals surface area contributed by atoms with Gasteiger partial charge in [0.2, 0.25) is 0 Å². The lowest BCUT2D eigenvalue weighted by Gasteiger charge is -1.96. The van der Waals surface area contributed by atoms with Crippen LogP contribution in [0, 0.1) is 0 Å². The summed E-state index contributed by atoms with van der Waals surface area (Å²) in [5, 5.41) is 4.26. The minimum atomic E-state index is -0.287. The number of carbonyl (C=O) groups excluding carboxylic acids is 1. The van der Waals surface area contributed by atoms with Crippen LogP contribution in [0.5, 0.6) is 0 Å².